The number of Topliss-reactive ketones (excluding diaryl/α,β-unsaturated/α-hetero) is 1. The zero-order chi connectivity index (χ0) is 30.0. The first kappa shape index (κ1) is 32.9. The number of halogens is 3. The van der Waals surface area contributed by atoms with Crippen molar-refractivity contribution in [3.63, 3.8) is 0 Å². The molecule has 2 aromatic carbocycles. The van der Waals surface area contributed by atoms with Crippen LogP contribution in [0.4, 0.5) is 13.2 Å². The number of rotatable bonds is 14. The number of carbonyl (C=O) groups is 1. The van der Waals surface area contributed by atoms with Crippen LogP contribution >= 0.6 is 0 Å². The molecule has 0 bridgehead atoms. The fraction of sp³-hybridized carbons (Fsp3) is 0.583. The normalized spacial score (nSPS) is 19.4. The minimum Gasteiger partial charge on any atom is -0.507 e. The molecule has 0 aromatic heterocycles. The largest absolute Gasteiger partial charge is 0.507 e. The van der Waals surface area contributed by atoms with E-state index in [4.69, 9.17) is 0 Å². The summed E-state index contributed by atoms with van der Waals surface area (Å²) in [6.07, 6.45) is 12.0. The van der Waals surface area contributed by atoms with Crippen LogP contribution in [0.25, 0.3) is 0 Å². The van der Waals surface area contributed by atoms with Gasteiger partial charge in [-0.2, -0.15) is 13.2 Å². The Balaban J connectivity index is 1.54. The highest BCUT2D eigenvalue weighted by atomic mass is 19.4. The van der Waals surface area contributed by atoms with Gasteiger partial charge in [-0.05, 0) is 97.8 Å². The Kier molecular flexibility index (Phi) is 12.5. The summed E-state index contributed by atoms with van der Waals surface area (Å²) in [5, 5.41) is 10.3. The molecule has 5 heteroatoms. The summed E-state index contributed by atoms with van der Waals surface area (Å²) in [4.78, 5) is 12.0. The summed E-state index contributed by atoms with van der Waals surface area (Å²) in [7, 11) is 0. The van der Waals surface area contributed by atoms with E-state index in [0.717, 1.165) is 24.3 Å². The Bertz CT molecular complexity index is 1120. The molecule has 1 N–H and O–H groups in total. The van der Waals surface area contributed by atoms with Gasteiger partial charge < -0.3 is 5.11 Å². The number of alkyl halides is 3. The molecular weight excluding hydrogens is 521 g/mol. The van der Waals surface area contributed by atoms with Gasteiger partial charge in [0.25, 0.3) is 0 Å². The number of benzene rings is 2. The first-order valence-corrected chi connectivity index (χ1v) is 15.8. The van der Waals surface area contributed by atoms with Crippen molar-refractivity contribution in [2.75, 3.05) is 0 Å². The molecule has 226 valence electrons. The molecular formula is C36H49F3O2. The van der Waals surface area contributed by atoms with Crippen LogP contribution < -0.4 is 0 Å². The molecule has 1 fully saturated rings. The predicted molar refractivity (Wildman–Crippen MR) is 163 cm³/mol. The van der Waals surface area contributed by atoms with Crippen molar-refractivity contribution in [2.45, 2.75) is 117 Å². The zero-order valence-corrected chi connectivity index (χ0v) is 25.4. The molecule has 2 atom stereocenters. The third kappa shape index (κ3) is 9.48. The van der Waals surface area contributed by atoms with Crippen molar-refractivity contribution in [3.8, 4) is 5.75 Å². The van der Waals surface area contributed by atoms with Crippen LogP contribution in [0.2, 0.25) is 0 Å². The van der Waals surface area contributed by atoms with Gasteiger partial charge in [0, 0.05) is 6.42 Å². The molecule has 3 rings (SSSR count). The van der Waals surface area contributed by atoms with E-state index in [1.54, 1.807) is 6.92 Å². The van der Waals surface area contributed by atoms with Gasteiger partial charge in [-0.15, -0.1) is 0 Å². The first-order chi connectivity index (χ1) is 19.6. The van der Waals surface area contributed by atoms with E-state index in [1.807, 2.05) is 12.1 Å². The molecule has 2 unspecified atom stereocenters. The summed E-state index contributed by atoms with van der Waals surface area (Å²) in [6, 6.07) is 11.0. The van der Waals surface area contributed by atoms with E-state index in [9.17, 15) is 23.1 Å². The lowest BCUT2D eigenvalue weighted by Crippen LogP contribution is -2.13. The highest BCUT2D eigenvalue weighted by Gasteiger charge is 2.38. The number of hydrogen-bond acceptors (Lipinski definition) is 2. The van der Waals surface area contributed by atoms with Gasteiger partial charge in [0.1, 0.15) is 11.3 Å². The molecule has 1 saturated carbocycles. The van der Waals surface area contributed by atoms with E-state index in [0.29, 0.717) is 24.2 Å². The lowest BCUT2D eigenvalue weighted by atomic mass is 9.78. The average Bonchev–Trinajstić information content (AvgIpc) is 2.96. The van der Waals surface area contributed by atoms with E-state index in [-0.39, 0.29) is 24.0 Å². The van der Waals surface area contributed by atoms with Gasteiger partial charge in [-0.3, -0.25) is 4.79 Å². The molecule has 0 heterocycles. The maximum absolute atomic E-state index is 13.8. The molecule has 1 aliphatic rings. The summed E-state index contributed by atoms with van der Waals surface area (Å²) in [6.45, 7) is 8.50. The van der Waals surface area contributed by atoms with Crippen molar-refractivity contribution < 1.29 is 23.1 Å². The molecule has 41 heavy (non-hydrogen) atoms. The zero-order valence-electron chi connectivity index (χ0n) is 25.4. The lowest BCUT2D eigenvalue weighted by Gasteiger charge is -2.27. The maximum Gasteiger partial charge on any atom is 0.420 e. The highest BCUT2D eigenvalue weighted by molar-refractivity contribution is 5.99. The topological polar surface area (TPSA) is 37.3 Å². The molecule has 0 amide bonds. The van der Waals surface area contributed by atoms with Gasteiger partial charge in [-0.1, -0.05) is 89.4 Å². The number of aryl methyl sites for hydroxylation is 2. The fourth-order valence-electron chi connectivity index (χ4n) is 6.34. The molecule has 0 radical (unpaired) electrons. The molecule has 2 aromatic rings. The number of phenols is 1. The van der Waals surface area contributed by atoms with Gasteiger partial charge in [0.2, 0.25) is 0 Å². The van der Waals surface area contributed by atoms with Gasteiger partial charge >= 0.3 is 6.18 Å². The molecule has 0 saturated heterocycles. The minimum atomic E-state index is -4.73. The van der Waals surface area contributed by atoms with Gasteiger partial charge in [0.05, 0.1) is 5.56 Å². The van der Waals surface area contributed by atoms with Gasteiger partial charge in [0.15, 0.2) is 5.78 Å². The number of allylic oxidation sites excluding steroid dienone is 2. The predicted octanol–water partition coefficient (Wildman–Crippen LogP) is 10.9. The van der Waals surface area contributed by atoms with Crippen LogP contribution in [0.3, 0.4) is 0 Å². The Morgan fingerprint density at radius 2 is 1.63 bits per heavy atom. The van der Waals surface area contributed by atoms with E-state index < -0.39 is 23.3 Å². The Morgan fingerprint density at radius 1 is 0.951 bits per heavy atom. The monoisotopic (exact) mass is 570 g/mol. The first-order valence-electron chi connectivity index (χ1n) is 15.8. The van der Waals surface area contributed by atoms with Gasteiger partial charge in [-0.25, -0.2) is 0 Å². The van der Waals surface area contributed by atoms with Crippen molar-refractivity contribution in [2.24, 2.45) is 17.8 Å². The SMILES string of the molecule is CCCC(C)CCC(/C=C/C1CCC(c2ccc(CCc3ccc(C(=O)CC)c(O)c3C(F)(F)F)cc2)CC1)CC. The second-order valence-corrected chi connectivity index (χ2v) is 12.1. The number of phenolic OH excluding ortho intramolecular Hbond substituents is 1. The third-order valence-electron chi connectivity index (χ3n) is 9.07. The quantitative estimate of drug-likeness (QED) is 0.181. The number of carbonyl (C=O) groups excluding carboxylic acids is 1. The summed E-state index contributed by atoms with van der Waals surface area (Å²) < 4.78 is 41.4. The Labute approximate surface area is 245 Å². The van der Waals surface area contributed by atoms with Crippen LogP contribution in [0, 0.1) is 17.8 Å². The Morgan fingerprint density at radius 3 is 2.22 bits per heavy atom. The van der Waals surface area contributed by atoms with Crippen molar-refractivity contribution >= 4 is 5.78 Å². The molecule has 2 nitrogen and oxygen atoms in total. The number of aromatic hydroxyl groups is 1. The number of hydrogen-bond donors (Lipinski definition) is 1. The second-order valence-electron chi connectivity index (χ2n) is 12.1. The average molecular weight is 571 g/mol. The van der Waals surface area contributed by atoms with E-state index in [1.165, 1.54) is 62.6 Å². The molecule has 0 spiro atoms. The van der Waals surface area contributed by atoms with E-state index >= 15 is 0 Å². The van der Waals surface area contributed by atoms with Crippen molar-refractivity contribution in [3.05, 3.63) is 76.4 Å². The smallest absolute Gasteiger partial charge is 0.420 e. The summed E-state index contributed by atoms with van der Waals surface area (Å²) >= 11 is 0. The standard InChI is InChI=1S/C36H49F3O2/c1-5-8-25(4)9-10-26(6-2)11-12-27-13-18-29(19-14-27)30-20-15-28(16-21-30)17-22-31-23-24-32(33(40)7-3)35(41)34(31)36(37,38)39/h11-12,15-16,20-21,23-27,29,41H,5-10,13-14,17-19,22H2,1-4H3/b12-11+. The Hall–Kier alpha value is -2.56. The lowest BCUT2D eigenvalue weighted by molar-refractivity contribution is -0.139. The molecule has 1 aliphatic carbocycles. The molecule has 0 aliphatic heterocycles. The third-order valence-corrected chi connectivity index (χ3v) is 9.07. The highest BCUT2D eigenvalue weighted by Crippen LogP contribution is 2.41. The summed E-state index contributed by atoms with van der Waals surface area (Å²) in [5.41, 5.74) is 0.934. The van der Waals surface area contributed by atoms with Crippen molar-refractivity contribution in [1.29, 1.82) is 0 Å². The fourth-order valence-corrected chi connectivity index (χ4v) is 6.34. The van der Waals surface area contributed by atoms with Crippen LogP contribution in [-0.2, 0) is 19.0 Å². The van der Waals surface area contributed by atoms with Crippen LogP contribution in [0.1, 0.15) is 130 Å². The van der Waals surface area contributed by atoms with Crippen molar-refractivity contribution in [1.82, 2.24) is 0 Å². The van der Waals surface area contributed by atoms with E-state index in [2.05, 4.69) is 45.1 Å². The van der Waals surface area contributed by atoms with Crippen LogP contribution in [0.5, 0.6) is 5.75 Å². The second kappa shape index (κ2) is 15.6. The number of ketones is 1. The van der Waals surface area contributed by atoms with Crippen LogP contribution in [0.15, 0.2) is 48.6 Å². The maximum atomic E-state index is 13.8. The summed E-state index contributed by atoms with van der Waals surface area (Å²) in [5.74, 6) is 1.24. The minimum absolute atomic E-state index is 0.0129. The van der Waals surface area contributed by atoms with Crippen LogP contribution in [-0.4, -0.2) is 10.9 Å².